The third-order valence-electron chi connectivity index (χ3n) is 7.66. The molecule has 26 heavy (non-hydrogen) atoms. The molecule has 0 aromatic heterocycles. The molecule has 1 aliphatic heterocycles. The second-order valence-electron chi connectivity index (χ2n) is 9.51. The van der Waals surface area contributed by atoms with E-state index in [1.165, 1.54) is 32.1 Å². The van der Waals surface area contributed by atoms with Gasteiger partial charge in [-0.15, -0.1) is 0 Å². The molecular formula is C20H32N2O4. The Bertz CT molecular complexity index is 540. The maximum atomic E-state index is 12.1. The van der Waals surface area contributed by atoms with Crippen molar-refractivity contribution in [3.8, 4) is 0 Å². The van der Waals surface area contributed by atoms with Crippen LogP contribution in [0.3, 0.4) is 0 Å². The van der Waals surface area contributed by atoms with Crippen molar-refractivity contribution in [1.29, 1.82) is 0 Å². The number of carbonyl (C=O) groups is 1. The molecule has 4 bridgehead atoms. The van der Waals surface area contributed by atoms with Gasteiger partial charge in [-0.1, -0.05) is 0 Å². The molecule has 0 aromatic carbocycles. The van der Waals surface area contributed by atoms with Gasteiger partial charge < -0.3 is 15.8 Å². The number of rotatable bonds is 4. The first-order chi connectivity index (χ1) is 12.6. The number of nitrogens with two attached hydrogens (primary N) is 1. The highest BCUT2D eigenvalue weighted by molar-refractivity contribution is 5.76. The van der Waals surface area contributed by atoms with E-state index in [-0.39, 0.29) is 11.8 Å². The van der Waals surface area contributed by atoms with Crippen molar-refractivity contribution in [1.82, 2.24) is 5.32 Å². The van der Waals surface area contributed by atoms with Crippen LogP contribution >= 0.6 is 0 Å². The van der Waals surface area contributed by atoms with Crippen LogP contribution in [0.25, 0.3) is 0 Å². The number of nitrogens with one attached hydrogen (secondary N) is 1. The molecule has 2 atom stereocenters. The van der Waals surface area contributed by atoms with E-state index in [1.807, 2.05) is 0 Å². The second kappa shape index (κ2) is 6.43. The van der Waals surface area contributed by atoms with Gasteiger partial charge in [0.25, 0.3) is 0 Å². The van der Waals surface area contributed by atoms with Crippen LogP contribution in [-0.4, -0.2) is 30.6 Å². The lowest BCUT2D eigenvalue weighted by Crippen LogP contribution is -2.59. The van der Waals surface area contributed by atoms with Gasteiger partial charge in [-0.2, -0.15) is 9.78 Å². The molecule has 5 saturated carbocycles. The van der Waals surface area contributed by atoms with Gasteiger partial charge >= 0.3 is 0 Å². The lowest BCUT2D eigenvalue weighted by Gasteiger charge is -2.57. The summed E-state index contributed by atoms with van der Waals surface area (Å²) in [5, 5.41) is 2.88. The van der Waals surface area contributed by atoms with E-state index in [9.17, 15) is 4.79 Å². The van der Waals surface area contributed by atoms with Crippen molar-refractivity contribution < 1.29 is 19.3 Å². The molecule has 1 amide bonds. The van der Waals surface area contributed by atoms with Gasteiger partial charge in [-0.3, -0.25) is 4.79 Å². The summed E-state index contributed by atoms with van der Waals surface area (Å²) in [4.78, 5) is 24.2. The average molecular weight is 364 g/mol. The second-order valence-corrected chi connectivity index (χ2v) is 9.51. The van der Waals surface area contributed by atoms with Crippen LogP contribution in [0.5, 0.6) is 0 Å². The van der Waals surface area contributed by atoms with Crippen molar-refractivity contribution in [2.75, 3.05) is 13.1 Å². The summed E-state index contributed by atoms with van der Waals surface area (Å²) in [6.45, 7) is 1.02. The fourth-order valence-corrected chi connectivity index (χ4v) is 6.80. The maximum absolute atomic E-state index is 12.1. The zero-order chi connectivity index (χ0) is 17.8. The molecule has 2 spiro atoms. The fraction of sp³-hybridized carbons (Fsp3) is 0.950. The van der Waals surface area contributed by atoms with Gasteiger partial charge in [0, 0.05) is 44.2 Å². The smallest absolute Gasteiger partial charge is 0.220 e. The highest BCUT2D eigenvalue weighted by Crippen LogP contribution is 2.64. The van der Waals surface area contributed by atoms with Crippen LogP contribution < -0.4 is 11.1 Å². The standard InChI is InChI=1S/C20H32N2O4/c21-4-5-22-18(23)11-13-2-1-3-19(12-13)24-20(26-25-19)16-7-14-6-15(9-16)10-17(20)8-14/h13-17H,1-12,21H2,(H,22,23)/t13-,14?,15?,16?,17?,19+,20?/m0/s1. The van der Waals surface area contributed by atoms with Gasteiger partial charge in [-0.25, -0.2) is 0 Å². The first-order valence-electron chi connectivity index (χ1n) is 10.6. The minimum Gasteiger partial charge on any atom is -0.355 e. The normalized spacial score (nSPS) is 49.2. The van der Waals surface area contributed by atoms with Crippen LogP contribution in [0, 0.1) is 29.6 Å². The van der Waals surface area contributed by atoms with E-state index in [0.717, 1.165) is 37.5 Å². The van der Waals surface area contributed by atoms with Crippen molar-refractivity contribution in [2.45, 2.75) is 75.8 Å². The van der Waals surface area contributed by atoms with Crippen LogP contribution in [-0.2, 0) is 19.3 Å². The molecule has 6 rings (SSSR count). The molecule has 3 N–H and O–H groups in total. The zero-order valence-corrected chi connectivity index (χ0v) is 15.6. The minimum absolute atomic E-state index is 0.0840. The lowest BCUT2D eigenvalue weighted by molar-refractivity contribution is -0.390. The molecule has 0 radical (unpaired) electrons. The number of carbonyl (C=O) groups excluding carboxylic acids is 1. The van der Waals surface area contributed by atoms with Crippen LogP contribution in [0.15, 0.2) is 0 Å². The molecule has 6 nitrogen and oxygen atoms in total. The van der Waals surface area contributed by atoms with Crippen LogP contribution in [0.4, 0.5) is 0 Å². The van der Waals surface area contributed by atoms with E-state index in [1.54, 1.807) is 0 Å². The van der Waals surface area contributed by atoms with Gasteiger partial charge in [0.15, 0.2) is 0 Å². The quantitative estimate of drug-likeness (QED) is 0.749. The first kappa shape index (κ1) is 17.4. The largest absolute Gasteiger partial charge is 0.355 e. The first-order valence-corrected chi connectivity index (χ1v) is 10.6. The Kier molecular flexibility index (Phi) is 4.31. The Labute approximate surface area is 155 Å². The number of amides is 1. The Hall–Kier alpha value is -0.690. The molecule has 5 aliphatic carbocycles. The Balaban J connectivity index is 1.27. The summed E-state index contributed by atoms with van der Waals surface area (Å²) in [6.07, 6.45) is 10.6. The summed E-state index contributed by atoms with van der Waals surface area (Å²) in [5.74, 6) is 1.97. The fourth-order valence-electron chi connectivity index (χ4n) is 6.80. The predicted molar refractivity (Wildman–Crippen MR) is 94.4 cm³/mol. The molecule has 1 saturated heterocycles. The van der Waals surface area contributed by atoms with E-state index >= 15 is 0 Å². The molecule has 6 heteroatoms. The van der Waals surface area contributed by atoms with Crippen LogP contribution in [0.1, 0.15) is 64.2 Å². The summed E-state index contributed by atoms with van der Waals surface area (Å²) in [5.41, 5.74) is 5.47. The molecule has 1 heterocycles. The van der Waals surface area contributed by atoms with Crippen LogP contribution in [0.2, 0.25) is 0 Å². The van der Waals surface area contributed by atoms with E-state index < -0.39 is 11.6 Å². The van der Waals surface area contributed by atoms with Gasteiger partial charge in [0.1, 0.15) is 0 Å². The number of hydrogen-bond donors (Lipinski definition) is 2. The lowest BCUT2D eigenvalue weighted by atomic mass is 9.53. The Morgan fingerprint density at radius 3 is 2.50 bits per heavy atom. The van der Waals surface area contributed by atoms with Crippen molar-refractivity contribution in [3.63, 3.8) is 0 Å². The SMILES string of the molecule is NCCNC(=O)C[C@@H]1CCC[C@]2(C1)OOC1(O2)C2CC3CC(C2)CC1C3. The minimum atomic E-state index is -0.633. The number of ether oxygens (including phenoxy) is 1. The molecular weight excluding hydrogens is 332 g/mol. The predicted octanol–water partition coefficient (Wildman–Crippen LogP) is 2.47. The highest BCUT2D eigenvalue weighted by Gasteiger charge is 2.66. The molecule has 146 valence electrons. The molecule has 0 unspecified atom stereocenters. The Morgan fingerprint density at radius 2 is 1.81 bits per heavy atom. The number of hydrogen-bond acceptors (Lipinski definition) is 5. The van der Waals surface area contributed by atoms with Crippen molar-refractivity contribution in [3.05, 3.63) is 0 Å². The third kappa shape index (κ3) is 2.81. The molecule has 6 aliphatic rings. The summed E-state index contributed by atoms with van der Waals surface area (Å²) >= 11 is 0. The average Bonchev–Trinajstić information content (AvgIpc) is 2.97. The summed E-state index contributed by atoms with van der Waals surface area (Å²) < 4.78 is 6.75. The monoisotopic (exact) mass is 364 g/mol. The van der Waals surface area contributed by atoms with Gasteiger partial charge in [0.05, 0.1) is 0 Å². The maximum Gasteiger partial charge on any atom is 0.220 e. The summed E-state index contributed by atoms with van der Waals surface area (Å²) in [6, 6.07) is 0. The third-order valence-corrected chi connectivity index (χ3v) is 7.66. The zero-order valence-electron chi connectivity index (χ0n) is 15.6. The summed E-state index contributed by atoms with van der Waals surface area (Å²) in [7, 11) is 0. The van der Waals surface area contributed by atoms with Crippen molar-refractivity contribution in [2.24, 2.45) is 35.3 Å². The topological polar surface area (TPSA) is 82.8 Å². The molecule has 0 aromatic rings. The van der Waals surface area contributed by atoms with Crippen molar-refractivity contribution >= 4 is 5.91 Å². The Morgan fingerprint density at radius 1 is 1.08 bits per heavy atom. The van der Waals surface area contributed by atoms with E-state index in [0.29, 0.717) is 31.3 Å². The van der Waals surface area contributed by atoms with E-state index in [4.69, 9.17) is 20.2 Å². The van der Waals surface area contributed by atoms with Gasteiger partial charge in [0.2, 0.25) is 17.5 Å². The molecule has 6 fully saturated rings. The van der Waals surface area contributed by atoms with E-state index in [2.05, 4.69) is 5.32 Å². The highest BCUT2D eigenvalue weighted by atomic mass is 17.3. The van der Waals surface area contributed by atoms with Gasteiger partial charge in [-0.05, 0) is 62.7 Å².